The fraction of sp³-hybridized carbons (Fsp3) is 0.524. The molecule has 1 aromatic carbocycles. The number of amides is 2. The fourth-order valence-electron chi connectivity index (χ4n) is 4.27. The number of hydrogen-bond donors (Lipinski definition) is 1. The van der Waals surface area contributed by atoms with E-state index in [0.717, 1.165) is 37.1 Å². The standard InChI is InChI=1S/C21H26N2O3/c1-26-17-9-5-14(6-10-17)13-22-20(24)18-4-2-3-15-11-12-23(16-7-8-16)21(25)19(15)18/h2-3,5-6,9-10,15-16,18-19H,4,7-8,11-13H2,1H3,(H,22,24)/t15-,18-,19+/m1/s1. The zero-order valence-corrected chi connectivity index (χ0v) is 15.2. The van der Waals surface area contributed by atoms with E-state index in [-0.39, 0.29) is 29.6 Å². The van der Waals surface area contributed by atoms with Crippen molar-refractivity contribution >= 4 is 11.8 Å². The van der Waals surface area contributed by atoms with Gasteiger partial charge in [-0.3, -0.25) is 9.59 Å². The normalized spacial score (nSPS) is 27.8. The molecule has 0 bridgehead atoms. The summed E-state index contributed by atoms with van der Waals surface area (Å²) in [6.07, 6.45) is 8.10. The first kappa shape index (κ1) is 17.1. The van der Waals surface area contributed by atoms with E-state index in [0.29, 0.717) is 19.0 Å². The molecule has 3 atom stereocenters. The van der Waals surface area contributed by atoms with Gasteiger partial charge in [-0.15, -0.1) is 0 Å². The molecule has 1 aromatic rings. The van der Waals surface area contributed by atoms with E-state index in [4.69, 9.17) is 4.74 Å². The van der Waals surface area contributed by atoms with Crippen LogP contribution in [0.4, 0.5) is 0 Å². The van der Waals surface area contributed by atoms with Crippen molar-refractivity contribution in [3.05, 3.63) is 42.0 Å². The van der Waals surface area contributed by atoms with Gasteiger partial charge in [0.25, 0.3) is 0 Å². The topological polar surface area (TPSA) is 58.6 Å². The molecule has 0 unspecified atom stereocenters. The molecule has 1 aliphatic heterocycles. The second-order valence-electron chi connectivity index (χ2n) is 7.58. The van der Waals surface area contributed by atoms with Gasteiger partial charge in [-0.25, -0.2) is 0 Å². The maximum Gasteiger partial charge on any atom is 0.227 e. The van der Waals surface area contributed by atoms with Gasteiger partial charge in [0, 0.05) is 19.1 Å². The zero-order chi connectivity index (χ0) is 18.1. The first-order valence-electron chi connectivity index (χ1n) is 9.55. The Morgan fingerprint density at radius 2 is 2.00 bits per heavy atom. The van der Waals surface area contributed by atoms with E-state index < -0.39 is 0 Å². The molecule has 1 saturated carbocycles. The highest BCUT2D eigenvalue weighted by Gasteiger charge is 2.47. The molecule has 1 N–H and O–H groups in total. The zero-order valence-electron chi connectivity index (χ0n) is 15.2. The molecular formula is C21H26N2O3. The van der Waals surface area contributed by atoms with Gasteiger partial charge in [-0.2, -0.15) is 0 Å². The summed E-state index contributed by atoms with van der Waals surface area (Å²) in [6, 6.07) is 8.10. The van der Waals surface area contributed by atoms with Crippen LogP contribution in [0.3, 0.4) is 0 Å². The van der Waals surface area contributed by atoms with Gasteiger partial charge in [0.15, 0.2) is 0 Å². The van der Waals surface area contributed by atoms with E-state index in [1.165, 1.54) is 0 Å². The first-order chi connectivity index (χ1) is 12.7. The number of carbonyl (C=O) groups is 2. The quantitative estimate of drug-likeness (QED) is 0.827. The summed E-state index contributed by atoms with van der Waals surface area (Å²) < 4.78 is 5.16. The lowest BCUT2D eigenvalue weighted by molar-refractivity contribution is -0.148. The van der Waals surface area contributed by atoms with Crippen LogP contribution in [0.25, 0.3) is 0 Å². The Morgan fingerprint density at radius 3 is 2.69 bits per heavy atom. The van der Waals surface area contributed by atoms with Gasteiger partial charge in [-0.1, -0.05) is 24.3 Å². The van der Waals surface area contributed by atoms with Crippen LogP contribution in [0.2, 0.25) is 0 Å². The van der Waals surface area contributed by atoms with Crippen molar-refractivity contribution in [1.82, 2.24) is 10.2 Å². The molecule has 1 heterocycles. The van der Waals surface area contributed by atoms with Gasteiger partial charge in [0.05, 0.1) is 18.9 Å². The molecule has 4 rings (SSSR count). The van der Waals surface area contributed by atoms with Crippen molar-refractivity contribution < 1.29 is 14.3 Å². The summed E-state index contributed by atoms with van der Waals surface area (Å²) in [5.41, 5.74) is 1.02. The number of carbonyl (C=O) groups excluding carboxylic acids is 2. The van der Waals surface area contributed by atoms with Gasteiger partial charge in [0.2, 0.25) is 11.8 Å². The van der Waals surface area contributed by atoms with E-state index in [2.05, 4.69) is 17.5 Å². The number of piperidine rings is 1. The fourth-order valence-corrected chi connectivity index (χ4v) is 4.27. The molecule has 26 heavy (non-hydrogen) atoms. The number of fused-ring (bicyclic) bond motifs is 1. The second-order valence-corrected chi connectivity index (χ2v) is 7.58. The molecule has 138 valence electrons. The van der Waals surface area contributed by atoms with Crippen LogP contribution in [0.1, 0.15) is 31.2 Å². The average Bonchev–Trinajstić information content (AvgIpc) is 3.51. The number of hydrogen-bond acceptors (Lipinski definition) is 3. The molecule has 0 spiro atoms. The highest BCUT2D eigenvalue weighted by atomic mass is 16.5. The molecule has 1 saturated heterocycles. The lowest BCUT2D eigenvalue weighted by Crippen LogP contribution is -2.52. The number of ether oxygens (including phenoxy) is 1. The van der Waals surface area contributed by atoms with E-state index in [1.807, 2.05) is 29.2 Å². The third kappa shape index (κ3) is 3.35. The van der Waals surface area contributed by atoms with Gasteiger partial charge >= 0.3 is 0 Å². The molecule has 2 amide bonds. The molecule has 3 aliphatic rings. The Balaban J connectivity index is 1.42. The van der Waals surface area contributed by atoms with Crippen LogP contribution in [0.15, 0.2) is 36.4 Å². The summed E-state index contributed by atoms with van der Waals surface area (Å²) >= 11 is 0. The number of benzene rings is 1. The first-order valence-corrected chi connectivity index (χ1v) is 9.55. The molecule has 0 aromatic heterocycles. The predicted molar refractivity (Wildman–Crippen MR) is 98.4 cm³/mol. The molecule has 5 heteroatoms. The number of nitrogens with one attached hydrogen (secondary N) is 1. The van der Waals surface area contributed by atoms with Crippen LogP contribution in [-0.2, 0) is 16.1 Å². The largest absolute Gasteiger partial charge is 0.497 e. The van der Waals surface area contributed by atoms with Crippen molar-refractivity contribution in [3.63, 3.8) is 0 Å². The summed E-state index contributed by atoms with van der Waals surface area (Å²) in [5, 5.41) is 3.04. The number of rotatable bonds is 5. The Labute approximate surface area is 154 Å². The number of nitrogens with zero attached hydrogens (tertiary/aromatic N) is 1. The third-order valence-corrected chi connectivity index (χ3v) is 5.89. The number of methoxy groups -OCH3 is 1. The summed E-state index contributed by atoms with van der Waals surface area (Å²) in [5.74, 6) is 0.752. The van der Waals surface area contributed by atoms with Crippen molar-refractivity contribution in [3.8, 4) is 5.75 Å². The Bertz CT molecular complexity index is 708. The van der Waals surface area contributed by atoms with E-state index in [1.54, 1.807) is 7.11 Å². The molecule has 0 radical (unpaired) electrons. The van der Waals surface area contributed by atoms with Crippen molar-refractivity contribution in [2.45, 2.75) is 38.3 Å². The van der Waals surface area contributed by atoms with Crippen molar-refractivity contribution in [2.24, 2.45) is 17.8 Å². The minimum absolute atomic E-state index is 0.00818. The number of allylic oxidation sites excluding steroid dienone is 2. The van der Waals surface area contributed by atoms with Crippen LogP contribution in [-0.4, -0.2) is 36.4 Å². The van der Waals surface area contributed by atoms with Crippen LogP contribution in [0, 0.1) is 17.8 Å². The monoisotopic (exact) mass is 354 g/mol. The highest BCUT2D eigenvalue weighted by molar-refractivity contribution is 5.89. The van der Waals surface area contributed by atoms with Gasteiger partial charge in [0.1, 0.15) is 5.75 Å². The highest BCUT2D eigenvalue weighted by Crippen LogP contribution is 2.41. The van der Waals surface area contributed by atoms with Crippen LogP contribution in [0.5, 0.6) is 5.75 Å². The van der Waals surface area contributed by atoms with Gasteiger partial charge in [-0.05, 0) is 49.3 Å². The summed E-state index contributed by atoms with van der Waals surface area (Å²) in [4.78, 5) is 27.9. The minimum atomic E-state index is -0.253. The summed E-state index contributed by atoms with van der Waals surface area (Å²) in [7, 11) is 1.63. The smallest absolute Gasteiger partial charge is 0.227 e. The van der Waals surface area contributed by atoms with E-state index >= 15 is 0 Å². The number of likely N-dealkylation sites (tertiary alicyclic amines) is 1. The average molecular weight is 354 g/mol. The lowest BCUT2D eigenvalue weighted by atomic mass is 9.71. The lowest BCUT2D eigenvalue weighted by Gasteiger charge is -2.41. The molecular weight excluding hydrogens is 328 g/mol. The third-order valence-electron chi connectivity index (χ3n) is 5.89. The van der Waals surface area contributed by atoms with E-state index in [9.17, 15) is 9.59 Å². The maximum atomic E-state index is 13.0. The van der Waals surface area contributed by atoms with Crippen LogP contribution < -0.4 is 10.1 Å². The van der Waals surface area contributed by atoms with Crippen molar-refractivity contribution in [2.75, 3.05) is 13.7 Å². The summed E-state index contributed by atoms with van der Waals surface area (Å²) in [6.45, 7) is 1.32. The predicted octanol–water partition coefficient (Wildman–Crippen LogP) is 2.51. The molecule has 5 nitrogen and oxygen atoms in total. The Kier molecular flexibility index (Phi) is 4.70. The van der Waals surface area contributed by atoms with Gasteiger partial charge < -0.3 is 15.0 Å². The Morgan fingerprint density at radius 1 is 1.23 bits per heavy atom. The Hall–Kier alpha value is -2.30. The maximum absolute atomic E-state index is 13.0. The minimum Gasteiger partial charge on any atom is -0.497 e. The molecule has 2 aliphatic carbocycles. The SMILES string of the molecule is COc1ccc(CNC(=O)[C@@H]2CC=C[C@@H]3CCN(C4CC4)C(=O)[C@@H]32)cc1. The van der Waals surface area contributed by atoms with Crippen molar-refractivity contribution in [1.29, 1.82) is 0 Å². The second kappa shape index (κ2) is 7.14. The van der Waals surface area contributed by atoms with Crippen LogP contribution >= 0.6 is 0 Å². The molecule has 2 fully saturated rings.